The Bertz CT molecular complexity index is 852. The van der Waals surface area contributed by atoms with Gasteiger partial charge in [0.1, 0.15) is 5.75 Å². The first-order valence-electron chi connectivity index (χ1n) is 9.27. The molecule has 0 radical (unpaired) electrons. The van der Waals surface area contributed by atoms with Gasteiger partial charge in [0.2, 0.25) is 0 Å². The Labute approximate surface area is 148 Å². The summed E-state index contributed by atoms with van der Waals surface area (Å²) in [5.74, 6) is 1.99. The molecule has 5 rings (SSSR count). The maximum absolute atomic E-state index is 6.37. The average Bonchev–Trinajstić information content (AvgIpc) is 3.31. The Balaban J connectivity index is 1.41. The van der Waals surface area contributed by atoms with E-state index in [0.29, 0.717) is 23.9 Å². The molecule has 0 saturated carbocycles. The second kappa shape index (κ2) is 6.23. The highest BCUT2D eigenvalue weighted by atomic mass is 16.5. The van der Waals surface area contributed by atoms with Crippen molar-refractivity contribution in [3.8, 4) is 5.75 Å². The molecule has 2 saturated heterocycles. The van der Waals surface area contributed by atoms with Crippen molar-refractivity contribution < 1.29 is 9.15 Å². The Kier molecular flexibility index (Phi) is 3.75. The summed E-state index contributed by atoms with van der Waals surface area (Å²) in [6.45, 7) is 0.744. The van der Waals surface area contributed by atoms with Crippen LogP contribution in [0.25, 0.3) is 10.8 Å². The zero-order chi connectivity index (χ0) is 16.6. The molecule has 2 fully saturated rings. The molecule has 25 heavy (non-hydrogen) atoms. The molecule has 1 N–H and O–H groups in total. The van der Waals surface area contributed by atoms with Crippen molar-refractivity contribution in [2.75, 3.05) is 6.61 Å². The summed E-state index contributed by atoms with van der Waals surface area (Å²) >= 11 is 0. The molecule has 1 aromatic heterocycles. The zero-order valence-electron chi connectivity index (χ0n) is 14.2. The molecule has 2 bridgehead atoms. The third-order valence-electron chi connectivity index (χ3n) is 6.00. The number of hydrogen-bond donors (Lipinski definition) is 1. The summed E-state index contributed by atoms with van der Waals surface area (Å²) in [6, 6.07) is 18.1. The van der Waals surface area contributed by atoms with Crippen LogP contribution in [0.3, 0.4) is 0 Å². The van der Waals surface area contributed by atoms with Crippen LogP contribution in [0, 0.1) is 5.92 Å². The van der Waals surface area contributed by atoms with E-state index >= 15 is 0 Å². The van der Waals surface area contributed by atoms with Crippen LogP contribution in [0.15, 0.2) is 65.5 Å². The van der Waals surface area contributed by atoms with Gasteiger partial charge in [0.05, 0.1) is 19.1 Å². The van der Waals surface area contributed by atoms with Crippen molar-refractivity contribution in [1.29, 1.82) is 0 Å². The van der Waals surface area contributed by atoms with Crippen molar-refractivity contribution >= 4 is 10.8 Å². The Morgan fingerprint density at radius 1 is 1.04 bits per heavy atom. The van der Waals surface area contributed by atoms with Gasteiger partial charge in [0, 0.05) is 23.4 Å². The summed E-state index contributed by atoms with van der Waals surface area (Å²) in [5.41, 5.74) is 1.32. The van der Waals surface area contributed by atoms with Crippen molar-refractivity contribution in [2.45, 2.75) is 37.3 Å². The van der Waals surface area contributed by atoms with Crippen molar-refractivity contribution in [3.05, 3.63) is 66.6 Å². The third kappa shape index (κ3) is 2.73. The third-order valence-corrected chi connectivity index (χ3v) is 6.00. The van der Waals surface area contributed by atoms with E-state index < -0.39 is 0 Å². The second-order valence-corrected chi connectivity index (χ2v) is 7.40. The molecule has 3 nitrogen and oxygen atoms in total. The summed E-state index contributed by atoms with van der Waals surface area (Å²) in [7, 11) is 0. The largest absolute Gasteiger partial charge is 0.493 e. The summed E-state index contributed by atoms with van der Waals surface area (Å²) in [5, 5.41) is 6.22. The van der Waals surface area contributed by atoms with Crippen LogP contribution in [0.2, 0.25) is 0 Å². The normalized spacial score (nSPS) is 28.3. The first-order chi connectivity index (χ1) is 12.4. The smallest absolute Gasteiger partial charge is 0.127 e. The highest BCUT2D eigenvalue weighted by molar-refractivity contribution is 5.88. The molecule has 2 aliphatic heterocycles. The van der Waals surface area contributed by atoms with Crippen LogP contribution in [-0.2, 0) is 0 Å². The average molecular weight is 333 g/mol. The number of piperidine rings is 1. The first kappa shape index (κ1) is 15.0. The predicted molar refractivity (Wildman–Crippen MR) is 98.9 cm³/mol. The van der Waals surface area contributed by atoms with E-state index in [0.717, 1.165) is 12.4 Å². The minimum absolute atomic E-state index is 0.482. The number of benzene rings is 2. The van der Waals surface area contributed by atoms with E-state index in [1.165, 1.54) is 35.6 Å². The molecule has 0 amide bonds. The Hall–Kier alpha value is -2.26. The molecule has 0 aliphatic carbocycles. The lowest BCUT2D eigenvalue weighted by molar-refractivity contribution is 0.160. The van der Waals surface area contributed by atoms with E-state index in [1.54, 1.807) is 6.26 Å². The van der Waals surface area contributed by atoms with Gasteiger partial charge in [-0.25, -0.2) is 0 Å². The van der Waals surface area contributed by atoms with E-state index in [4.69, 9.17) is 9.15 Å². The topological polar surface area (TPSA) is 34.4 Å². The molecule has 3 aromatic rings. The van der Waals surface area contributed by atoms with Crippen LogP contribution < -0.4 is 10.1 Å². The minimum atomic E-state index is 0.482. The summed E-state index contributed by atoms with van der Waals surface area (Å²) in [4.78, 5) is 0. The van der Waals surface area contributed by atoms with E-state index in [9.17, 15) is 0 Å². The number of ether oxygens (including phenoxy) is 1. The van der Waals surface area contributed by atoms with Crippen molar-refractivity contribution in [2.24, 2.45) is 5.92 Å². The molecule has 0 spiro atoms. The van der Waals surface area contributed by atoms with Gasteiger partial charge < -0.3 is 14.5 Å². The highest BCUT2D eigenvalue weighted by Gasteiger charge is 2.42. The van der Waals surface area contributed by atoms with E-state index in [1.807, 2.05) is 6.26 Å². The molecule has 2 aromatic carbocycles. The molecule has 3 heterocycles. The minimum Gasteiger partial charge on any atom is -0.493 e. The lowest BCUT2D eigenvalue weighted by Gasteiger charge is -2.37. The zero-order valence-corrected chi connectivity index (χ0v) is 14.2. The van der Waals surface area contributed by atoms with E-state index in [2.05, 4.69) is 53.8 Å². The second-order valence-electron chi connectivity index (χ2n) is 7.40. The maximum atomic E-state index is 6.37. The fraction of sp³-hybridized carbons (Fsp3) is 0.364. The number of nitrogens with one attached hydrogen (secondary N) is 1. The summed E-state index contributed by atoms with van der Waals surface area (Å²) in [6.07, 6.45) is 7.42. The van der Waals surface area contributed by atoms with E-state index in [-0.39, 0.29) is 0 Å². The van der Waals surface area contributed by atoms with Gasteiger partial charge >= 0.3 is 0 Å². The van der Waals surface area contributed by atoms with Gasteiger partial charge in [-0.05, 0) is 48.3 Å². The first-order valence-corrected chi connectivity index (χ1v) is 9.27. The Morgan fingerprint density at radius 2 is 1.96 bits per heavy atom. The van der Waals surface area contributed by atoms with Crippen LogP contribution in [-0.4, -0.2) is 18.7 Å². The van der Waals surface area contributed by atoms with Crippen molar-refractivity contribution in [1.82, 2.24) is 5.32 Å². The van der Waals surface area contributed by atoms with Gasteiger partial charge in [0.15, 0.2) is 0 Å². The Morgan fingerprint density at radius 3 is 2.88 bits per heavy atom. The lowest BCUT2D eigenvalue weighted by Crippen LogP contribution is -2.46. The SMILES string of the molecule is c1ccc2c(OCC3C4CCC(CC3c3ccoc3)N4)cccc2c1. The number of furan rings is 1. The molecule has 3 heteroatoms. The van der Waals surface area contributed by atoms with Gasteiger partial charge in [-0.2, -0.15) is 0 Å². The standard InChI is InChI=1S/C22H23NO2/c1-2-6-18-15(4-1)5-3-7-22(18)25-14-20-19(16-10-11-24-13-16)12-17-8-9-21(20)23-17/h1-7,10-11,13,17,19-21,23H,8-9,12,14H2. The van der Waals surface area contributed by atoms with Gasteiger partial charge in [-0.1, -0.05) is 36.4 Å². The molecule has 4 unspecified atom stereocenters. The fourth-order valence-corrected chi connectivity index (χ4v) is 4.74. The van der Waals surface area contributed by atoms with Crippen LogP contribution in [0.4, 0.5) is 0 Å². The molecule has 128 valence electrons. The van der Waals surface area contributed by atoms with Crippen LogP contribution in [0.5, 0.6) is 5.75 Å². The predicted octanol–water partition coefficient (Wildman–Crippen LogP) is 4.74. The molecular weight excluding hydrogens is 310 g/mol. The molecule has 2 aliphatic rings. The fourth-order valence-electron chi connectivity index (χ4n) is 4.74. The number of fused-ring (bicyclic) bond motifs is 3. The summed E-state index contributed by atoms with van der Waals surface area (Å²) < 4.78 is 11.7. The maximum Gasteiger partial charge on any atom is 0.127 e. The highest BCUT2D eigenvalue weighted by Crippen LogP contribution is 2.42. The molecular formula is C22H23NO2. The van der Waals surface area contributed by atoms with Gasteiger partial charge in [0.25, 0.3) is 0 Å². The monoisotopic (exact) mass is 333 g/mol. The van der Waals surface area contributed by atoms with Crippen molar-refractivity contribution in [3.63, 3.8) is 0 Å². The van der Waals surface area contributed by atoms with Crippen LogP contribution in [0.1, 0.15) is 30.7 Å². The lowest BCUT2D eigenvalue weighted by atomic mass is 9.78. The van der Waals surface area contributed by atoms with Crippen LogP contribution >= 0.6 is 0 Å². The number of hydrogen-bond acceptors (Lipinski definition) is 3. The quantitative estimate of drug-likeness (QED) is 0.749. The van der Waals surface area contributed by atoms with Gasteiger partial charge in [-0.15, -0.1) is 0 Å². The number of rotatable bonds is 4. The van der Waals surface area contributed by atoms with Gasteiger partial charge in [-0.3, -0.25) is 0 Å². The molecule has 4 atom stereocenters.